The molecule has 1 aromatic heterocycles. The van der Waals surface area contributed by atoms with Crippen LogP contribution in [0.15, 0.2) is 199 Å². The summed E-state index contributed by atoms with van der Waals surface area (Å²) >= 11 is 0. The van der Waals surface area contributed by atoms with Crippen molar-refractivity contribution in [2.45, 2.75) is 5.41 Å². The quantitative estimate of drug-likeness (QED) is 0.183. The first-order valence-electron chi connectivity index (χ1n) is 17.3. The zero-order chi connectivity index (χ0) is 33.1. The van der Waals surface area contributed by atoms with E-state index in [0.717, 1.165) is 44.2 Å². The number of para-hydroxylation sites is 2. The summed E-state index contributed by atoms with van der Waals surface area (Å²) in [5.74, 6) is 0. The van der Waals surface area contributed by atoms with Gasteiger partial charge in [-0.05, 0) is 61.7 Å². The second kappa shape index (κ2) is 11.3. The van der Waals surface area contributed by atoms with Crippen molar-refractivity contribution < 1.29 is 4.42 Å². The molecule has 0 atom stereocenters. The first kappa shape index (κ1) is 28.6. The molecule has 8 aromatic carbocycles. The Labute approximate surface area is 291 Å². The van der Waals surface area contributed by atoms with E-state index in [1.54, 1.807) is 0 Å². The minimum atomic E-state index is -0.458. The Morgan fingerprint density at radius 1 is 0.300 bits per heavy atom. The van der Waals surface area contributed by atoms with Crippen LogP contribution in [0.4, 0.5) is 0 Å². The van der Waals surface area contributed by atoms with Gasteiger partial charge in [-0.15, -0.1) is 0 Å². The van der Waals surface area contributed by atoms with Crippen LogP contribution >= 0.6 is 0 Å². The highest BCUT2D eigenvalue weighted by atomic mass is 16.3. The van der Waals surface area contributed by atoms with Crippen molar-refractivity contribution in [1.29, 1.82) is 0 Å². The standard InChI is InChI=1S/C49H32O/c1-3-16-33(17-4-1)37-22-7-8-23-39(37)42-27-15-29-44-43-28-14-26-38(47(43)50-48(42)44)34-18-13-21-36(32-34)49(35-19-5-2-6-20-35)45-30-11-9-24-40(45)41-25-10-12-31-46(41)49/h1-32H. The highest BCUT2D eigenvalue weighted by Gasteiger charge is 2.45. The maximum absolute atomic E-state index is 7.00. The molecule has 1 heteroatoms. The van der Waals surface area contributed by atoms with E-state index >= 15 is 0 Å². The fourth-order valence-corrected chi connectivity index (χ4v) is 8.48. The predicted octanol–water partition coefficient (Wildman–Crippen LogP) is 13.0. The molecule has 1 aliphatic carbocycles. The van der Waals surface area contributed by atoms with E-state index in [1.165, 1.54) is 44.5 Å². The molecule has 9 aromatic rings. The molecule has 0 N–H and O–H groups in total. The zero-order valence-electron chi connectivity index (χ0n) is 27.4. The molecule has 1 heterocycles. The average molecular weight is 637 g/mol. The van der Waals surface area contributed by atoms with Gasteiger partial charge in [0.25, 0.3) is 0 Å². The lowest BCUT2D eigenvalue weighted by Gasteiger charge is -2.34. The van der Waals surface area contributed by atoms with Gasteiger partial charge in [0.1, 0.15) is 11.2 Å². The molecule has 0 saturated carbocycles. The second-order valence-electron chi connectivity index (χ2n) is 13.2. The number of furan rings is 1. The van der Waals surface area contributed by atoms with Crippen molar-refractivity contribution >= 4 is 21.9 Å². The number of fused-ring (bicyclic) bond motifs is 6. The number of benzene rings is 8. The van der Waals surface area contributed by atoms with Crippen molar-refractivity contribution in [3.63, 3.8) is 0 Å². The van der Waals surface area contributed by atoms with Gasteiger partial charge in [0.05, 0.1) is 5.41 Å². The van der Waals surface area contributed by atoms with Crippen LogP contribution < -0.4 is 0 Å². The van der Waals surface area contributed by atoms with Gasteiger partial charge in [0.15, 0.2) is 0 Å². The van der Waals surface area contributed by atoms with Crippen LogP contribution in [-0.4, -0.2) is 0 Å². The van der Waals surface area contributed by atoms with E-state index in [-0.39, 0.29) is 0 Å². The molecular weight excluding hydrogens is 605 g/mol. The van der Waals surface area contributed by atoms with E-state index in [1.807, 2.05) is 0 Å². The van der Waals surface area contributed by atoms with E-state index in [2.05, 4.69) is 194 Å². The monoisotopic (exact) mass is 636 g/mol. The van der Waals surface area contributed by atoms with Crippen LogP contribution in [0.1, 0.15) is 22.3 Å². The van der Waals surface area contributed by atoms with E-state index < -0.39 is 5.41 Å². The predicted molar refractivity (Wildman–Crippen MR) is 207 cm³/mol. The second-order valence-corrected chi connectivity index (χ2v) is 13.2. The van der Waals surface area contributed by atoms with Gasteiger partial charge < -0.3 is 4.42 Å². The summed E-state index contributed by atoms with van der Waals surface area (Å²) in [6, 6.07) is 70.2. The van der Waals surface area contributed by atoms with Crippen molar-refractivity contribution in [3.8, 4) is 44.5 Å². The Hall–Kier alpha value is -6.44. The molecule has 0 radical (unpaired) electrons. The van der Waals surface area contributed by atoms with Crippen molar-refractivity contribution in [1.82, 2.24) is 0 Å². The van der Waals surface area contributed by atoms with Crippen LogP contribution in [0.25, 0.3) is 66.4 Å². The van der Waals surface area contributed by atoms with Crippen molar-refractivity contribution in [3.05, 3.63) is 216 Å². The maximum Gasteiger partial charge on any atom is 0.143 e. The summed E-state index contributed by atoms with van der Waals surface area (Å²) in [7, 11) is 0. The molecule has 50 heavy (non-hydrogen) atoms. The Kier molecular flexibility index (Phi) is 6.47. The summed E-state index contributed by atoms with van der Waals surface area (Å²) < 4.78 is 7.00. The van der Waals surface area contributed by atoms with Crippen LogP contribution in [0.5, 0.6) is 0 Å². The molecule has 0 bridgehead atoms. The molecular formula is C49H32O. The lowest BCUT2D eigenvalue weighted by Crippen LogP contribution is -2.28. The van der Waals surface area contributed by atoms with Gasteiger partial charge in [0.2, 0.25) is 0 Å². The largest absolute Gasteiger partial charge is 0.455 e. The third kappa shape index (κ3) is 4.14. The maximum atomic E-state index is 7.00. The van der Waals surface area contributed by atoms with Crippen molar-refractivity contribution in [2.75, 3.05) is 0 Å². The fraction of sp³-hybridized carbons (Fsp3) is 0.0204. The SMILES string of the molecule is c1ccc(-c2ccccc2-c2cccc3c2oc2c(-c4cccc(C5(c6ccccc6)c6ccccc6-c6ccccc65)c4)cccc23)cc1. The number of rotatable bonds is 5. The van der Waals surface area contributed by atoms with Gasteiger partial charge >= 0.3 is 0 Å². The van der Waals surface area contributed by atoms with Gasteiger partial charge in [-0.1, -0.05) is 188 Å². The molecule has 0 aliphatic heterocycles. The summed E-state index contributed by atoms with van der Waals surface area (Å²) in [5, 5.41) is 2.24. The van der Waals surface area contributed by atoms with Gasteiger partial charge in [-0.2, -0.15) is 0 Å². The number of hydrogen-bond donors (Lipinski definition) is 0. The van der Waals surface area contributed by atoms with Crippen molar-refractivity contribution in [2.24, 2.45) is 0 Å². The molecule has 0 saturated heterocycles. The average Bonchev–Trinajstić information content (AvgIpc) is 3.73. The third-order valence-electron chi connectivity index (χ3n) is 10.6. The minimum Gasteiger partial charge on any atom is -0.455 e. The van der Waals surface area contributed by atoms with E-state index in [0.29, 0.717) is 0 Å². The Balaban J connectivity index is 1.20. The van der Waals surface area contributed by atoms with Crippen LogP contribution in [0, 0.1) is 0 Å². The summed E-state index contributed by atoms with van der Waals surface area (Å²) in [4.78, 5) is 0. The normalized spacial score (nSPS) is 13.0. The molecule has 0 unspecified atom stereocenters. The molecule has 0 spiro atoms. The van der Waals surface area contributed by atoms with E-state index in [4.69, 9.17) is 4.42 Å². The molecule has 0 amide bonds. The summed E-state index contributed by atoms with van der Waals surface area (Å²) in [5.41, 5.74) is 15.9. The Morgan fingerprint density at radius 2 is 0.760 bits per heavy atom. The molecule has 1 nitrogen and oxygen atoms in total. The van der Waals surface area contributed by atoms with Crippen LogP contribution in [0.3, 0.4) is 0 Å². The fourth-order valence-electron chi connectivity index (χ4n) is 8.48. The topological polar surface area (TPSA) is 13.1 Å². The zero-order valence-corrected chi connectivity index (χ0v) is 27.4. The molecule has 234 valence electrons. The smallest absolute Gasteiger partial charge is 0.143 e. The highest BCUT2D eigenvalue weighted by Crippen LogP contribution is 2.56. The van der Waals surface area contributed by atoms with Gasteiger partial charge in [-0.3, -0.25) is 0 Å². The summed E-state index contributed by atoms with van der Waals surface area (Å²) in [6.45, 7) is 0. The first-order chi connectivity index (χ1) is 24.8. The Bertz CT molecular complexity index is 2650. The first-order valence-corrected chi connectivity index (χ1v) is 17.3. The number of hydrogen-bond acceptors (Lipinski definition) is 1. The molecule has 10 rings (SSSR count). The lowest BCUT2D eigenvalue weighted by atomic mass is 9.67. The van der Waals surface area contributed by atoms with Crippen LogP contribution in [-0.2, 0) is 5.41 Å². The molecule has 0 fully saturated rings. The molecule has 1 aliphatic rings. The third-order valence-corrected chi connectivity index (χ3v) is 10.6. The van der Waals surface area contributed by atoms with Gasteiger partial charge in [0, 0.05) is 21.9 Å². The minimum absolute atomic E-state index is 0.458. The van der Waals surface area contributed by atoms with Crippen LogP contribution in [0.2, 0.25) is 0 Å². The summed E-state index contributed by atoms with van der Waals surface area (Å²) in [6.07, 6.45) is 0. The van der Waals surface area contributed by atoms with E-state index in [9.17, 15) is 0 Å². The lowest BCUT2D eigenvalue weighted by molar-refractivity contribution is 0.671. The van der Waals surface area contributed by atoms with Gasteiger partial charge in [-0.25, -0.2) is 0 Å². The Morgan fingerprint density at radius 3 is 1.44 bits per heavy atom. The highest BCUT2D eigenvalue weighted by molar-refractivity contribution is 6.13.